The highest BCUT2D eigenvalue weighted by Crippen LogP contribution is 2.34. The Hall–Kier alpha value is -2.44. The minimum atomic E-state index is -0.319. The molecule has 4 nitrogen and oxygen atoms in total. The van der Waals surface area contributed by atoms with Gasteiger partial charge in [0, 0.05) is 22.2 Å². The number of amides is 1. The maximum Gasteiger partial charge on any atom is 0.261 e. The number of ether oxygens (including phenoxy) is 1. The summed E-state index contributed by atoms with van der Waals surface area (Å²) in [5.74, 6) is 0.889. The fourth-order valence-corrected chi connectivity index (χ4v) is 5.12. The van der Waals surface area contributed by atoms with Gasteiger partial charge in [-0.2, -0.15) is 0 Å². The Labute approximate surface area is 180 Å². The Kier molecular flexibility index (Phi) is 6.65. The average molecular weight is 427 g/mol. The molecule has 2 heterocycles. The molecular weight excluding hydrogens is 399 g/mol. The Morgan fingerprint density at radius 3 is 2.70 bits per heavy atom. The van der Waals surface area contributed by atoms with Crippen molar-refractivity contribution in [2.75, 3.05) is 26.7 Å². The van der Waals surface area contributed by atoms with E-state index in [0.717, 1.165) is 24.2 Å². The molecule has 0 saturated carbocycles. The van der Waals surface area contributed by atoms with Crippen LogP contribution < -0.4 is 10.1 Å². The van der Waals surface area contributed by atoms with E-state index in [-0.39, 0.29) is 18.3 Å². The maximum atomic E-state index is 14.6. The number of likely N-dealkylation sites (tertiary alicyclic amines) is 1. The van der Waals surface area contributed by atoms with Crippen LogP contribution in [0.4, 0.5) is 4.39 Å². The molecule has 6 heteroatoms. The van der Waals surface area contributed by atoms with Crippen molar-refractivity contribution >= 4 is 27.3 Å². The van der Waals surface area contributed by atoms with E-state index in [0.29, 0.717) is 34.0 Å². The quantitative estimate of drug-likeness (QED) is 0.573. The molecule has 0 spiro atoms. The molecule has 0 radical (unpaired) electrons. The molecule has 1 aliphatic heterocycles. The smallest absolute Gasteiger partial charge is 0.261 e. The van der Waals surface area contributed by atoms with Gasteiger partial charge in [-0.1, -0.05) is 24.3 Å². The molecule has 0 bridgehead atoms. The Morgan fingerprint density at radius 2 is 1.93 bits per heavy atom. The fraction of sp³-hybridized carbons (Fsp3) is 0.375. The summed E-state index contributed by atoms with van der Waals surface area (Å²) in [6.45, 7) is 3.04. The highest BCUT2D eigenvalue weighted by molar-refractivity contribution is 7.21. The number of benzene rings is 2. The molecular formula is C24H27FN2O2S. The van der Waals surface area contributed by atoms with E-state index in [1.807, 2.05) is 36.4 Å². The summed E-state index contributed by atoms with van der Waals surface area (Å²) in [5, 5.41) is 3.54. The minimum Gasteiger partial charge on any atom is -0.489 e. The fourth-order valence-electron chi connectivity index (χ4n) is 3.98. The predicted molar refractivity (Wildman–Crippen MR) is 120 cm³/mol. The van der Waals surface area contributed by atoms with Crippen LogP contribution in [0.25, 0.3) is 10.1 Å². The number of thiophene rings is 1. The first-order chi connectivity index (χ1) is 14.6. The van der Waals surface area contributed by atoms with Crippen LogP contribution in [0.1, 0.15) is 34.5 Å². The number of nitrogens with zero attached hydrogens (tertiary/aromatic N) is 1. The van der Waals surface area contributed by atoms with Gasteiger partial charge in [0.15, 0.2) is 0 Å². The van der Waals surface area contributed by atoms with Crippen LogP contribution in [-0.2, 0) is 6.61 Å². The van der Waals surface area contributed by atoms with Gasteiger partial charge in [0.25, 0.3) is 5.91 Å². The van der Waals surface area contributed by atoms with E-state index in [2.05, 4.69) is 17.3 Å². The zero-order chi connectivity index (χ0) is 20.9. The second-order valence-corrected chi connectivity index (χ2v) is 8.97. The van der Waals surface area contributed by atoms with E-state index in [9.17, 15) is 9.18 Å². The molecule has 3 aromatic rings. The van der Waals surface area contributed by atoms with Gasteiger partial charge in [0.2, 0.25) is 0 Å². The van der Waals surface area contributed by atoms with Gasteiger partial charge >= 0.3 is 0 Å². The van der Waals surface area contributed by atoms with Crippen molar-refractivity contribution in [3.63, 3.8) is 0 Å². The van der Waals surface area contributed by atoms with Gasteiger partial charge in [0.1, 0.15) is 18.2 Å². The molecule has 1 aliphatic rings. The van der Waals surface area contributed by atoms with Crippen LogP contribution in [0.5, 0.6) is 5.75 Å². The second kappa shape index (κ2) is 9.58. The van der Waals surface area contributed by atoms with E-state index in [1.54, 1.807) is 6.07 Å². The number of fused-ring (bicyclic) bond motifs is 1. The van der Waals surface area contributed by atoms with Crippen molar-refractivity contribution in [3.8, 4) is 5.75 Å². The largest absolute Gasteiger partial charge is 0.489 e. The maximum absolute atomic E-state index is 14.6. The predicted octanol–water partition coefficient (Wildman–Crippen LogP) is 5.08. The third kappa shape index (κ3) is 4.82. The molecule has 0 atom stereocenters. The standard InChI is InChI=1S/C24H27FN2O2S/c1-27-14-11-17(12-15-27)10-13-26-24(28)23-19(16-29-18-6-3-2-4-7-18)22-20(25)8-5-9-21(22)30-23/h2-9,17H,10-16H2,1H3,(H,26,28). The van der Waals surface area contributed by atoms with Crippen LogP contribution in [0.3, 0.4) is 0 Å². The van der Waals surface area contributed by atoms with Crippen LogP contribution in [0, 0.1) is 11.7 Å². The summed E-state index contributed by atoms with van der Waals surface area (Å²) in [6, 6.07) is 14.4. The number of piperidine rings is 1. The van der Waals surface area contributed by atoms with Crippen LogP contribution in [0.15, 0.2) is 48.5 Å². The number of carbonyl (C=O) groups is 1. The molecule has 4 rings (SSSR count). The summed E-state index contributed by atoms with van der Waals surface area (Å²) >= 11 is 1.33. The summed E-state index contributed by atoms with van der Waals surface area (Å²) in [7, 11) is 2.15. The SMILES string of the molecule is CN1CCC(CCNC(=O)c2sc3cccc(F)c3c2COc2ccccc2)CC1. The number of halogens is 1. The minimum absolute atomic E-state index is 0.143. The van der Waals surface area contributed by atoms with Gasteiger partial charge < -0.3 is 15.0 Å². The van der Waals surface area contributed by atoms with E-state index in [4.69, 9.17) is 4.74 Å². The van der Waals surface area contributed by atoms with Gasteiger partial charge in [-0.15, -0.1) is 11.3 Å². The first kappa shape index (κ1) is 20.8. The molecule has 1 fully saturated rings. The zero-order valence-corrected chi connectivity index (χ0v) is 18.0. The number of para-hydroxylation sites is 1. The van der Waals surface area contributed by atoms with Crippen molar-refractivity contribution < 1.29 is 13.9 Å². The first-order valence-corrected chi connectivity index (χ1v) is 11.3. The van der Waals surface area contributed by atoms with Crippen LogP contribution in [0.2, 0.25) is 0 Å². The highest BCUT2D eigenvalue weighted by atomic mass is 32.1. The highest BCUT2D eigenvalue weighted by Gasteiger charge is 2.22. The second-order valence-electron chi connectivity index (χ2n) is 7.92. The molecule has 1 saturated heterocycles. The van der Waals surface area contributed by atoms with Crippen molar-refractivity contribution in [3.05, 3.63) is 64.8 Å². The Bertz CT molecular complexity index is 997. The molecule has 1 amide bonds. The third-order valence-electron chi connectivity index (χ3n) is 5.77. The topological polar surface area (TPSA) is 41.6 Å². The number of hydrogen-bond donors (Lipinski definition) is 1. The van der Waals surface area contributed by atoms with Gasteiger partial charge in [-0.3, -0.25) is 4.79 Å². The van der Waals surface area contributed by atoms with Crippen molar-refractivity contribution in [2.45, 2.75) is 25.9 Å². The van der Waals surface area contributed by atoms with Gasteiger partial charge in [0.05, 0.1) is 4.88 Å². The lowest BCUT2D eigenvalue weighted by Crippen LogP contribution is -2.32. The number of nitrogens with one attached hydrogen (secondary N) is 1. The van der Waals surface area contributed by atoms with Gasteiger partial charge in [-0.05, 0) is 69.6 Å². The Balaban J connectivity index is 1.47. The monoisotopic (exact) mass is 426 g/mol. The molecule has 1 aromatic heterocycles. The number of hydrogen-bond acceptors (Lipinski definition) is 4. The normalized spacial score (nSPS) is 15.4. The van der Waals surface area contributed by atoms with Gasteiger partial charge in [-0.25, -0.2) is 4.39 Å². The molecule has 1 N–H and O–H groups in total. The lowest BCUT2D eigenvalue weighted by atomic mass is 9.94. The van der Waals surface area contributed by atoms with Crippen molar-refractivity contribution in [1.29, 1.82) is 0 Å². The molecule has 2 aromatic carbocycles. The van der Waals surface area contributed by atoms with Crippen LogP contribution in [-0.4, -0.2) is 37.5 Å². The lowest BCUT2D eigenvalue weighted by Gasteiger charge is -2.28. The van der Waals surface area contributed by atoms with Crippen molar-refractivity contribution in [2.24, 2.45) is 5.92 Å². The van der Waals surface area contributed by atoms with E-state index < -0.39 is 0 Å². The summed E-state index contributed by atoms with van der Waals surface area (Å²) in [6.07, 6.45) is 3.34. The summed E-state index contributed by atoms with van der Waals surface area (Å²) in [4.78, 5) is 15.8. The number of rotatable bonds is 7. The lowest BCUT2D eigenvalue weighted by molar-refractivity contribution is 0.0951. The van der Waals surface area contributed by atoms with E-state index >= 15 is 0 Å². The zero-order valence-electron chi connectivity index (χ0n) is 17.2. The summed E-state index contributed by atoms with van der Waals surface area (Å²) in [5.41, 5.74) is 0.619. The third-order valence-corrected chi connectivity index (χ3v) is 6.97. The van der Waals surface area contributed by atoms with Crippen molar-refractivity contribution in [1.82, 2.24) is 10.2 Å². The first-order valence-electron chi connectivity index (χ1n) is 10.5. The molecule has 158 valence electrons. The van der Waals surface area contributed by atoms with E-state index in [1.165, 1.54) is 30.2 Å². The number of carbonyl (C=O) groups excluding carboxylic acids is 1. The molecule has 0 aliphatic carbocycles. The Morgan fingerprint density at radius 1 is 1.17 bits per heavy atom. The molecule has 30 heavy (non-hydrogen) atoms. The molecule has 0 unspecified atom stereocenters. The van der Waals surface area contributed by atoms with Crippen LogP contribution >= 0.6 is 11.3 Å². The average Bonchev–Trinajstić information content (AvgIpc) is 3.14. The summed E-state index contributed by atoms with van der Waals surface area (Å²) < 4.78 is 21.2.